The molecular formula is C22H23ClN4O2. The summed E-state index contributed by atoms with van der Waals surface area (Å²) in [6.45, 7) is 3.69. The Morgan fingerprint density at radius 1 is 1.21 bits per heavy atom. The highest BCUT2D eigenvalue weighted by atomic mass is 35.5. The third kappa shape index (κ3) is 4.49. The van der Waals surface area contributed by atoms with Crippen molar-refractivity contribution in [1.29, 1.82) is 0 Å². The van der Waals surface area contributed by atoms with Crippen LogP contribution in [0.4, 0.5) is 5.69 Å². The number of likely N-dealkylation sites (tertiary alicyclic amines) is 1. The lowest BCUT2D eigenvalue weighted by molar-refractivity contribution is -0.119. The zero-order valence-corrected chi connectivity index (χ0v) is 17.0. The number of piperidine rings is 1. The first-order valence-corrected chi connectivity index (χ1v) is 10.1. The molecular weight excluding hydrogens is 388 g/mol. The van der Waals surface area contributed by atoms with Gasteiger partial charge in [-0.15, -0.1) is 0 Å². The average Bonchev–Trinajstić information content (AvgIpc) is 3.00. The number of hydrogen-bond acceptors (Lipinski definition) is 4. The lowest BCUT2D eigenvalue weighted by Crippen LogP contribution is -2.52. The topological polar surface area (TPSA) is 73.8 Å². The molecule has 4 rings (SSSR count). The Morgan fingerprint density at radius 2 is 1.93 bits per heavy atom. The molecule has 6 nitrogen and oxygen atoms in total. The highest BCUT2D eigenvalue weighted by molar-refractivity contribution is 6.46. The molecule has 7 heteroatoms. The second-order valence-electron chi connectivity index (χ2n) is 7.65. The van der Waals surface area contributed by atoms with Crippen molar-refractivity contribution in [3.8, 4) is 0 Å². The zero-order chi connectivity index (χ0) is 20.4. The predicted molar refractivity (Wildman–Crippen MR) is 114 cm³/mol. The third-order valence-corrected chi connectivity index (χ3v) is 5.61. The van der Waals surface area contributed by atoms with Crippen LogP contribution in [0, 0.1) is 6.92 Å². The van der Waals surface area contributed by atoms with Crippen molar-refractivity contribution in [1.82, 2.24) is 10.2 Å². The number of amides is 2. The number of nitrogens with zero attached hydrogens (tertiary/aromatic N) is 2. The van der Waals surface area contributed by atoms with Crippen molar-refractivity contribution in [2.75, 3.05) is 25.0 Å². The molecule has 1 spiro atoms. The van der Waals surface area contributed by atoms with E-state index in [1.165, 1.54) is 0 Å². The number of aliphatic imine (C=N–C) groups is 1. The Kier molecular flexibility index (Phi) is 5.39. The SMILES string of the molecule is Cc1ccc(C2=NC3(CCN(CC(=O)Nc4cccc(Cl)c4)CC3)NC2=O)cc1. The highest BCUT2D eigenvalue weighted by Gasteiger charge is 2.42. The van der Waals surface area contributed by atoms with E-state index in [0.29, 0.717) is 48.9 Å². The maximum Gasteiger partial charge on any atom is 0.272 e. The van der Waals surface area contributed by atoms with Crippen molar-refractivity contribution in [3.63, 3.8) is 0 Å². The fourth-order valence-electron chi connectivity index (χ4n) is 3.76. The van der Waals surface area contributed by atoms with Gasteiger partial charge in [-0.3, -0.25) is 19.5 Å². The number of benzene rings is 2. The summed E-state index contributed by atoms with van der Waals surface area (Å²) in [6, 6.07) is 14.9. The van der Waals surface area contributed by atoms with Crippen molar-refractivity contribution >= 4 is 34.8 Å². The zero-order valence-electron chi connectivity index (χ0n) is 16.2. The predicted octanol–water partition coefficient (Wildman–Crippen LogP) is 3.00. The molecule has 0 aromatic heterocycles. The molecule has 0 saturated carbocycles. The lowest BCUT2D eigenvalue weighted by atomic mass is 9.98. The molecule has 2 heterocycles. The summed E-state index contributed by atoms with van der Waals surface area (Å²) in [5, 5.41) is 6.52. The monoisotopic (exact) mass is 410 g/mol. The molecule has 2 aromatic carbocycles. The van der Waals surface area contributed by atoms with Crippen LogP contribution in [-0.4, -0.2) is 47.7 Å². The molecule has 0 atom stereocenters. The number of nitrogens with one attached hydrogen (secondary N) is 2. The van der Waals surface area contributed by atoms with Gasteiger partial charge in [0.05, 0.1) is 6.54 Å². The van der Waals surface area contributed by atoms with E-state index in [2.05, 4.69) is 15.5 Å². The minimum atomic E-state index is -0.558. The fourth-order valence-corrected chi connectivity index (χ4v) is 3.95. The first-order chi connectivity index (χ1) is 13.9. The lowest BCUT2D eigenvalue weighted by Gasteiger charge is -2.36. The number of carbonyl (C=O) groups excluding carboxylic acids is 2. The molecule has 2 N–H and O–H groups in total. The first kappa shape index (κ1) is 19.6. The molecule has 1 fully saturated rings. The van der Waals surface area contributed by atoms with E-state index >= 15 is 0 Å². The standard InChI is InChI=1S/C22H23ClN4O2/c1-15-5-7-16(8-6-15)20-21(29)26-22(25-20)9-11-27(12-10-22)14-19(28)24-18-4-2-3-17(23)13-18/h2-8,13H,9-12,14H2,1H3,(H,24,28)(H,26,29). The molecule has 1 saturated heterocycles. The number of aryl methyl sites for hydroxylation is 1. The number of carbonyl (C=O) groups is 2. The molecule has 2 amide bonds. The fraction of sp³-hybridized carbons (Fsp3) is 0.318. The average molecular weight is 411 g/mol. The van der Waals surface area contributed by atoms with Gasteiger partial charge in [0.1, 0.15) is 11.4 Å². The molecule has 2 aromatic rings. The largest absolute Gasteiger partial charge is 0.326 e. The Bertz CT molecular complexity index is 963. The van der Waals surface area contributed by atoms with Gasteiger partial charge in [-0.25, -0.2) is 0 Å². The quantitative estimate of drug-likeness (QED) is 0.813. The summed E-state index contributed by atoms with van der Waals surface area (Å²) in [7, 11) is 0. The maximum atomic E-state index is 12.5. The summed E-state index contributed by atoms with van der Waals surface area (Å²) in [4.78, 5) is 31.7. The van der Waals surface area contributed by atoms with E-state index in [4.69, 9.17) is 16.6 Å². The van der Waals surface area contributed by atoms with E-state index in [1.807, 2.05) is 37.3 Å². The van der Waals surface area contributed by atoms with Crippen LogP contribution in [0.25, 0.3) is 0 Å². The van der Waals surface area contributed by atoms with Crippen LogP contribution in [0.1, 0.15) is 24.0 Å². The van der Waals surface area contributed by atoms with E-state index in [9.17, 15) is 9.59 Å². The van der Waals surface area contributed by atoms with Gasteiger partial charge in [0.25, 0.3) is 5.91 Å². The summed E-state index contributed by atoms with van der Waals surface area (Å²) in [6.07, 6.45) is 1.36. The molecule has 2 aliphatic heterocycles. The highest BCUT2D eigenvalue weighted by Crippen LogP contribution is 2.29. The van der Waals surface area contributed by atoms with Crippen LogP contribution >= 0.6 is 11.6 Å². The van der Waals surface area contributed by atoms with Gasteiger partial charge in [0, 0.05) is 42.2 Å². The summed E-state index contributed by atoms with van der Waals surface area (Å²) in [5.74, 6) is -0.205. The van der Waals surface area contributed by atoms with Gasteiger partial charge in [-0.05, 0) is 25.1 Å². The minimum Gasteiger partial charge on any atom is -0.326 e. The summed E-state index contributed by atoms with van der Waals surface area (Å²) < 4.78 is 0. The van der Waals surface area contributed by atoms with Crippen LogP contribution in [0.15, 0.2) is 53.5 Å². The number of anilines is 1. The van der Waals surface area contributed by atoms with E-state index in [0.717, 1.165) is 11.1 Å². The first-order valence-electron chi connectivity index (χ1n) is 9.70. The second kappa shape index (κ2) is 7.97. The molecule has 0 radical (unpaired) electrons. The van der Waals surface area contributed by atoms with Crippen LogP contribution in [-0.2, 0) is 9.59 Å². The molecule has 0 bridgehead atoms. The third-order valence-electron chi connectivity index (χ3n) is 5.37. The minimum absolute atomic E-state index is 0.0810. The molecule has 2 aliphatic rings. The van der Waals surface area contributed by atoms with Crippen molar-refractivity contribution < 1.29 is 9.59 Å². The Hall–Kier alpha value is -2.70. The Balaban J connectivity index is 1.36. The van der Waals surface area contributed by atoms with Crippen molar-refractivity contribution in [2.45, 2.75) is 25.4 Å². The molecule has 150 valence electrons. The summed E-state index contributed by atoms with van der Waals surface area (Å²) >= 11 is 5.96. The van der Waals surface area contributed by atoms with E-state index in [1.54, 1.807) is 18.2 Å². The Labute approximate surface area is 175 Å². The number of halogens is 1. The van der Waals surface area contributed by atoms with Gasteiger partial charge in [0.15, 0.2) is 0 Å². The molecule has 0 aliphatic carbocycles. The van der Waals surface area contributed by atoms with Crippen molar-refractivity contribution in [3.05, 3.63) is 64.7 Å². The van der Waals surface area contributed by atoms with Crippen LogP contribution in [0.3, 0.4) is 0 Å². The van der Waals surface area contributed by atoms with E-state index < -0.39 is 5.66 Å². The van der Waals surface area contributed by atoms with Gasteiger partial charge >= 0.3 is 0 Å². The van der Waals surface area contributed by atoms with Crippen LogP contribution in [0.2, 0.25) is 5.02 Å². The normalized spacial score (nSPS) is 18.4. The number of hydrogen-bond donors (Lipinski definition) is 2. The Morgan fingerprint density at radius 3 is 2.62 bits per heavy atom. The van der Waals surface area contributed by atoms with E-state index in [-0.39, 0.29) is 11.8 Å². The van der Waals surface area contributed by atoms with Gasteiger partial charge in [0.2, 0.25) is 5.91 Å². The maximum absolute atomic E-state index is 12.5. The molecule has 29 heavy (non-hydrogen) atoms. The van der Waals surface area contributed by atoms with Gasteiger partial charge in [-0.2, -0.15) is 0 Å². The van der Waals surface area contributed by atoms with Crippen LogP contribution < -0.4 is 10.6 Å². The number of rotatable bonds is 4. The second-order valence-corrected chi connectivity index (χ2v) is 8.08. The van der Waals surface area contributed by atoms with Crippen LogP contribution in [0.5, 0.6) is 0 Å². The van der Waals surface area contributed by atoms with Gasteiger partial charge < -0.3 is 10.6 Å². The molecule has 0 unspecified atom stereocenters. The smallest absolute Gasteiger partial charge is 0.272 e. The summed E-state index contributed by atoms with van der Waals surface area (Å²) in [5.41, 5.74) is 2.61. The van der Waals surface area contributed by atoms with Gasteiger partial charge in [-0.1, -0.05) is 47.5 Å². The van der Waals surface area contributed by atoms with Crippen molar-refractivity contribution in [2.24, 2.45) is 4.99 Å².